The Bertz CT molecular complexity index is 743. The van der Waals surface area contributed by atoms with E-state index in [2.05, 4.69) is 18.7 Å². The smallest absolute Gasteiger partial charge is 0.360 e. The lowest BCUT2D eigenvalue weighted by atomic mass is 10.1. The minimum atomic E-state index is -4.39. The van der Waals surface area contributed by atoms with Gasteiger partial charge in [-0.05, 0) is 37.7 Å². The van der Waals surface area contributed by atoms with E-state index in [1.54, 1.807) is 11.3 Å². The number of hydrogen-bond acceptors (Lipinski definition) is 5. The third-order valence-corrected chi connectivity index (χ3v) is 6.20. The van der Waals surface area contributed by atoms with E-state index in [9.17, 15) is 14.4 Å². The Hall–Kier alpha value is -1.14. The minimum Gasteiger partial charge on any atom is -0.462 e. The van der Waals surface area contributed by atoms with Gasteiger partial charge in [0.05, 0.1) is 6.26 Å². The van der Waals surface area contributed by atoms with Gasteiger partial charge in [-0.2, -0.15) is 0 Å². The van der Waals surface area contributed by atoms with E-state index in [1.807, 2.05) is 0 Å². The third-order valence-electron chi connectivity index (χ3n) is 4.08. The van der Waals surface area contributed by atoms with Gasteiger partial charge in [0, 0.05) is 18.0 Å². The van der Waals surface area contributed by atoms with E-state index < -0.39 is 7.60 Å². The first-order chi connectivity index (χ1) is 11.4. The summed E-state index contributed by atoms with van der Waals surface area (Å²) >= 11 is 1.61. The number of thiazole rings is 1. The van der Waals surface area contributed by atoms with Gasteiger partial charge < -0.3 is 19.1 Å². The van der Waals surface area contributed by atoms with Gasteiger partial charge in [-0.25, -0.2) is 4.98 Å². The molecule has 2 aromatic heterocycles. The van der Waals surface area contributed by atoms with Crippen LogP contribution in [0.4, 0.5) is 5.13 Å². The zero-order chi connectivity index (χ0) is 17.3. The third kappa shape index (κ3) is 3.75. The van der Waals surface area contributed by atoms with Crippen molar-refractivity contribution < 1.29 is 18.8 Å². The molecule has 0 radical (unpaired) electrons. The maximum Gasteiger partial charge on any atom is 0.360 e. The Balaban J connectivity index is 2.04. The van der Waals surface area contributed by atoms with Crippen LogP contribution in [0.1, 0.15) is 38.0 Å². The second-order valence-electron chi connectivity index (χ2n) is 6.59. The first kappa shape index (κ1) is 17.7. The summed E-state index contributed by atoms with van der Waals surface area (Å²) in [6.45, 7) is 6.21. The predicted molar refractivity (Wildman–Crippen MR) is 96.1 cm³/mol. The highest BCUT2D eigenvalue weighted by atomic mass is 32.1. The average Bonchev–Trinajstić information content (AvgIpc) is 3.13. The molecule has 1 fully saturated rings. The highest BCUT2D eigenvalue weighted by Gasteiger charge is 2.29. The second-order valence-corrected chi connectivity index (χ2v) is 9.22. The number of hydrogen-bond donors (Lipinski definition) is 2. The molecule has 8 heteroatoms. The highest BCUT2D eigenvalue weighted by Crippen LogP contribution is 2.41. The number of anilines is 1. The summed E-state index contributed by atoms with van der Waals surface area (Å²) in [5, 5.41) is 0.844. The van der Waals surface area contributed by atoms with Crippen molar-refractivity contribution in [3.05, 3.63) is 17.2 Å². The molecule has 0 aromatic carbocycles. The minimum absolute atomic E-state index is 0.0806. The van der Waals surface area contributed by atoms with Gasteiger partial charge in [0.15, 0.2) is 10.9 Å². The fraction of sp³-hybridized carbons (Fsp3) is 0.562. The van der Waals surface area contributed by atoms with Crippen LogP contribution in [-0.2, 0) is 11.0 Å². The molecule has 2 aromatic rings. The lowest BCUT2D eigenvalue weighted by Crippen LogP contribution is -2.29. The number of piperidine rings is 1. The molecular formula is C16H23N2O4PS. The van der Waals surface area contributed by atoms with Crippen LogP contribution < -0.4 is 10.2 Å². The van der Waals surface area contributed by atoms with Crippen molar-refractivity contribution in [1.29, 1.82) is 0 Å². The number of aromatic nitrogens is 1. The summed E-state index contributed by atoms with van der Waals surface area (Å²) in [6.07, 6.45) is 5.69. The molecule has 132 valence electrons. The molecule has 6 nitrogen and oxygen atoms in total. The second kappa shape index (κ2) is 7.00. The largest absolute Gasteiger partial charge is 0.462 e. The Morgan fingerprint density at radius 3 is 2.67 bits per heavy atom. The van der Waals surface area contributed by atoms with Crippen LogP contribution in [0.15, 0.2) is 16.7 Å². The van der Waals surface area contributed by atoms with Gasteiger partial charge in [-0.15, -0.1) is 11.3 Å². The zero-order valence-electron chi connectivity index (χ0n) is 13.9. The molecule has 0 saturated carbocycles. The van der Waals surface area contributed by atoms with Crippen LogP contribution in [0, 0.1) is 5.92 Å². The standard InChI is InChI=1S/C16H23N2O4PS/c1-11(2)10-13-14(15-12(6-9-22-15)23(19,20)21)17-16(24-13)18-7-4-3-5-8-18/h6,9,11H,3-5,7-8,10H2,1-2H3,(H2,19,20,21). The van der Waals surface area contributed by atoms with E-state index in [1.165, 1.54) is 18.8 Å². The van der Waals surface area contributed by atoms with Crippen molar-refractivity contribution in [2.45, 2.75) is 39.5 Å². The Labute approximate surface area is 145 Å². The first-order valence-electron chi connectivity index (χ1n) is 8.25. The molecule has 1 aliphatic heterocycles. The SMILES string of the molecule is CC(C)Cc1sc(N2CCCCC2)nc1-c1occc1P(=O)(O)O. The molecule has 0 atom stereocenters. The summed E-state index contributed by atoms with van der Waals surface area (Å²) in [4.78, 5) is 27.1. The monoisotopic (exact) mass is 370 g/mol. The molecular weight excluding hydrogens is 347 g/mol. The fourth-order valence-electron chi connectivity index (χ4n) is 2.96. The summed E-state index contributed by atoms with van der Waals surface area (Å²) in [7, 11) is -4.39. The van der Waals surface area contributed by atoms with Gasteiger partial charge in [0.2, 0.25) is 0 Å². The molecule has 0 spiro atoms. The van der Waals surface area contributed by atoms with Gasteiger partial charge in [-0.3, -0.25) is 4.57 Å². The Kier molecular flexibility index (Phi) is 5.16. The number of rotatable bonds is 5. The summed E-state index contributed by atoms with van der Waals surface area (Å²) in [6, 6.07) is 1.34. The molecule has 1 saturated heterocycles. The molecule has 2 N–H and O–H groups in total. The number of furan rings is 1. The lowest BCUT2D eigenvalue weighted by Gasteiger charge is -2.25. The highest BCUT2D eigenvalue weighted by molar-refractivity contribution is 7.60. The average molecular weight is 370 g/mol. The van der Waals surface area contributed by atoms with Gasteiger partial charge >= 0.3 is 7.60 Å². The summed E-state index contributed by atoms with van der Waals surface area (Å²) in [5.74, 6) is 0.630. The van der Waals surface area contributed by atoms with Crippen LogP contribution in [-0.4, -0.2) is 27.9 Å². The van der Waals surface area contributed by atoms with Crippen LogP contribution in [0.3, 0.4) is 0 Å². The normalized spacial score (nSPS) is 16.1. The van der Waals surface area contributed by atoms with Crippen LogP contribution in [0.2, 0.25) is 0 Å². The summed E-state index contributed by atoms with van der Waals surface area (Å²) < 4.78 is 17.2. The quantitative estimate of drug-likeness (QED) is 0.785. The number of nitrogens with zero attached hydrogens (tertiary/aromatic N) is 2. The van der Waals surface area contributed by atoms with Crippen LogP contribution in [0.25, 0.3) is 11.5 Å². The van der Waals surface area contributed by atoms with E-state index in [0.717, 1.165) is 42.4 Å². The first-order valence-corrected chi connectivity index (χ1v) is 10.7. The van der Waals surface area contributed by atoms with Crippen LogP contribution >= 0.6 is 18.9 Å². The van der Waals surface area contributed by atoms with E-state index in [0.29, 0.717) is 11.6 Å². The molecule has 0 bridgehead atoms. The maximum absolute atomic E-state index is 11.7. The molecule has 0 unspecified atom stereocenters. The van der Waals surface area contributed by atoms with Crippen molar-refractivity contribution in [1.82, 2.24) is 4.98 Å². The van der Waals surface area contributed by atoms with Crippen molar-refractivity contribution in [2.75, 3.05) is 18.0 Å². The van der Waals surface area contributed by atoms with Gasteiger partial charge in [-0.1, -0.05) is 13.8 Å². The molecule has 3 rings (SSSR count). The zero-order valence-corrected chi connectivity index (χ0v) is 15.6. The van der Waals surface area contributed by atoms with E-state index in [-0.39, 0.29) is 11.1 Å². The molecule has 24 heavy (non-hydrogen) atoms. The molecule has 0 amide bonds. The summed E-state index contributed by atoms with van der Waals surface area (Å²) in [5.41, 5.74) is 0.581. The predicted octanol–water partition coefficient (Wildman–Crippen LogP) is 3.39. The van der Waals surface area contributed by atoms with Crippen molar-refractivity contribution in [3.63, 3.8) is 0 Å². The Morgan fingerprint density at radius 2 is 2.04 bits per heavy atom. The van der Waals surface area contributed by atoms with E-state index in [4.69, 9.17) is 9.40 Å². The molecule has 0 aliphatic carbocycles. The van der Waals surface area contributed by atoms with Crippen molar-refractivity contribution in [3.8, 4) is 11.5 Å². The maximum atomic E-state index is 11.7. The van der Waals surface area contributed by atoms with Gasteiger partial charge in [0.1, 0.15) is 11.0 Å². The topological polar surface area (TPSA) is 86.8 Å². The van der Waals surface area contributed by atoms with Gasteiger partial charge in [0.25, 0.3) is 0 Å². The van der Waals surface area contributed by atoms with Crippen molar-refractivity contribution >= 4 is 29.4 Å². The van der Waals surface area contributed by atoms with Crippen molar-refractivity contribution in [2.24, 2.45) is 5.92 Å². The fourth-order valence-corrected chi connectivity index (χ4v) is 4.95. The van der Waals surface area contributed by atoms with Crippen LogP contribution in [0.5, 0.6) is 0 Å². The Morgan fingerprint density at radius 1 is 1.33 bits per heavy atom. The lowest BCUT2D eigenvalue weighted by molar-refractivity contribution is 0.387. The van der Waals surface area contributed by atoms with E-state index >= 15 is 0 Å². The molecule has 3 heterocycles. The molecule has 1 aliphatic rings.